The maximum absolute atomic E-state index is 7.55. The van der Waals surface area contributed by atoms with Gasteiger partial charge in [0.25, 0.3) is 0 Å². The van der Waals surface area contributed by atoms with E-state index in [0.717, 1.165) is 253 Å². The van der Waals surface area contributed by atoms with Gasteiger partial charge in [0, 0.05) is 86.9 Å². The Bertz CT molecular complexity index is 9710. The average Bonchev–Trinajstić information content (AvgIpc) is 1.55. The molecule has 0 aliphatic carbocycles. The number of hydrogen-bond donors (Lipinski definition) is 0. The molecule has 0 N–H and O–H groups in total. The van der Waals surface area contributed by atoms with Gasteiger partial charge in [0.2, 0.25) is 0 Å². The van der Waals surface area contributed by atoms with Crippen LogP contribution in [0.4, 0.5) is 0 Å². The highest BCUT2D eigenvalue weighted by Crippen LogP contribution is 2.51. The summed E-state index contributed by atoms with van der Waals surface area (Å²) in [6, 6.07) is 144. The normalized spacial score (nSPS) is 12.2. The van der Waals surface area contributed by atoms with Crippen LogP contribution in [0.15, 0.2) is 424 Å². The summed E-state index contributed by atoms with van der Waals surface area (Å²) in [5.41, 5.74) is 24.8. The minimum atomic E-state index is 0.452. The van der Waals surface area contributed by atoms with Crippen molar-refractivity contribution in [2.24, 2.45) is 0 Å². The zero-order valence-electron chi connectivity index (χ0n) is 69.4. The maximum Gasteiger partial charge on any atom is 0.170 e. The van der Waals surface area contributed by atoms with Crippen LogP contribution in [0, 0.1) is 0 Å². The highest BCUT2D eigenvalue weighted by molar-refractivity contribution is 6.24. The molecule has 0 aliphatic heterocycles. The van der Waals surface area contributed by atoms with Crippen LogP contribution in [0.1, 0.15) is 0 Å². The number of para-hydroxylation sites is 4. The number of fused-ring (bicyclic) bond motifs is 23. The Morgan fingerprint density at radius 3 is 1.28 bits per heavy atom. The van der Waals surface area contributed by atoms with E-state index in [4.69, 9.17) is 42.6 Å². The Morgan fingerprint density at radius 1 is 0.177 bits per heavy atom. The summed E-state index contributed by atoms with van der Waals surface area (Å²) in [5, 5.41) is 21.0. The van der Waals surface area contributed by atoms with Crippen molar-refractivity contribution in [3.63, 3.8) is 0 Å². The number of benzene rings is 20. The molecule has 0 amide bonds. The summed E-state index contributed by atoms with van der Waals surface area (Å²) in [7, 11) is 0. The number of nitrogens with zero attached hydrogens (tertiary/aromatic N) is 7. The predicted molar refractivity (Wildman–Crippen MR) is 532 cm³/mol. The summed E-state index contributed by atoms with van der Waals surface area (Å²) in [6.45, 7) is 0. The molecule has 0 unspecified atom stereocenters. The van der Waals surface area contributed by atoms with Crippen molar-refractivity contribution in [1.82, 2.24) is 34.1 Å². The molecule has 28 aromatic rings. The van der Waals surface area contributed by atoms with Crippen LogP contribution < -0.4 is 0 Å². The van der Waals surface area contributed by atoms with Crippen LogP contribution >= 0.6 is 0 Å². The zero-order chi connectivity index (χ0) is 84.9. The fourth-order valence-corrected chi connectivity index (χ4v) is 20.7. The van der Waals surface area contributed by atoms with Gasteiger partial charge in [0.05, 0.1) is 56.0 Å². The van der Waals surface area contributed by atoms with Gasteiger partial charge in [-0.15, -0.1) is 0 Å². The molecule has 20 aromatic carbocycles. The highest BCUT2D eigenvalue weighted by Gasteiger charge is 2.30. The van der Waals surface area contributed by atoms with Crippen molar-refractivity contribution in [1.29, 1.82) is 0 Å². The van der Waals surface area contributed by atoms with Crippen LogP contribution in [-0.2, 0) is 0 Å². The highest BCUT2D eigenvalue weighted by atomic mass is 16.3. The molecule has 0 saturated carbocycles. The molecule has 0 bridgehead atoms. The third-order valence-electron chi connectivity index (χ3n) is 26.7. The van der Waals surface area contributed by atoms with E-state index in [9.17, 15) is 0 Å². The van der Waals surface area contributed by atoms with Crippen LogP contribution in [0.2, 0.25) is 0 Å². The van der Waals surface area contributed by atoms with E-state index in [1.165, 1.54) is 0 Å². The third kappa shape index (κ3) is 11.1. The third-order valence-corrected chi connectivity index (χ3v) is 26.7. The molecular formula is C119H67N7O4. The average molecular weight is 1660 g/mol. The van der Waals surface area contributed by atoms with Crippen molar-refractivity contribution in [2.45, 2.75) is 0 Å². The smallest absolute Gasteiger partial charge is 0.170 e. The number of aromatic nitrogens is 7. The molecule has 11 nitrogen and oxygen atoms in total. The molecule has 0 aliphatic rings. The number of furan rings is 4. The van der Waals surface area contributed by atoms with Gasteiger partial charge in [0.1, 0.15) is 44.7 Å². The Kier molecular flexibility index (Phi) is 15.4. The first kappa shape index (κ1) is 71.7. The van der Waals surface area contributed by atoms with Crippen LogP contribution in [0.25, 0.3) is 287 Å². The molecule has 8 heterocycles. The van der Waals surface area contributed by atoms with Crippen molar-refractivity contribution >= 4 is 174 Å². The summed E-state index contributed by atoms with van der Waals surface area (Å²) in [5.74, 6) is 2.02. The number of hydrogen-bond acceptors (Lipinski definition) is 9. The Morgan fingerprint density at radius 2 is 0.608 bits per heavy atom. The van der Waals surface area contributed by atoms with Crippen LogP contribution in [-0.4, -0.2) is 34.1 Å². The lowest BCUT2D eigenvalue weighted by atomic mass is 9.96. The summed E-state index contributed by atoms with van der Waals surface area (Å²) in [4.78, 5) is 28.3. The second-order valence-electron chi connectivity index (χ2n) is 34.0. The van der Waals surface area contributed by atoms with Gasteiger partial charge in [-0.3, -0.25) is 0 Å². The molecule has 0 atom stereocenters. The topological polar surface area (TPSA) is 127 Å². The summed E-state index contributed by atoms with van der Waals surface area (Å²) in [6.07, 6.45) is 0. The lowest BCUT2D eigenvalue weighted by molar-refractivity contribution is 0.668. The molecule has 8 aromatic heterocycles. The lowest BCUT2D eigenvalue weighted by Crippen LogP contribution is -2.04. The Hall–Kier alpha value is -17.7. The minimum Gasteiger partial charge on any atom is -0.456 e. The molecule has 0 radical (unpaired) electrons. The fraction of sp³-hybridized carbons (Fsp3) is 0. The molecule has 0 fully saturated rings. The first-order valence-corrected chi connectivity index (χ1v) is 43.9. The van der Waals surface area contributed by atoms with Crippen LogP contribution in [0.5, 0.6) is 0 Å². The van der Waals surface area contributed by atoms with Crippen molar-refractivity contribution in [2.75, 3.05) is 0 Å². The van der Waals surface area contributed by atoms with Gasteiger partial charge < -0.3 is 26.8 Å². The Balaban J connectivity index is 0.637. The Labute approximate surface area is 740 Å². The molecule has 602 valence electrons. The molecule has 130 heavy (non-hydrogen) atoms. The van der Waals surface area contributed by atoms with Gasteiger partial charge in [-0.1, -0.05) is 279 Å². The second-order valence-corrected chi connectivity index (χ2v) is 34.0. The lowest BCUT2D eigenvalue weighted by Gasteiger charge is -2.16. The quantitative estimate of drug-likeness (QED) is 0.124. The number of rotatable bonds is 11. The largest absolute Gasteiger partial charge is 0.456 e. The molecule has 28 rings (SSSR count). The van der Waals surface area contributed by atoms with E-state index in [-0.39, 0.29) is 0 Å². The first-order valence-electron chi connectivity index (χ1n) is 43.9. The van der Waals surface area contributed by atoms with Gasteiger partial charge in [-0.05, 0) is 204 Å². The van der Waals surface area contributed by atoms with Crippen molar-refractivity contribution in [3.05, 3.63) is 406 Å². The van der Waals surface area contributed by atoms with Crippen molar-refractivity contribution in [3.8, 4) is 113 Å². The predicted octanol–water partition coefficient (Wildman–Crippen LogP) is 32.1. The van der Waals surface area contributed by atoms with E-state index in [1.807, 2.05) is 54.6 Å². The molecular weight excluding hydrogens is 1590 g/mol. The van der Waals surface area contributed by atoms with E-state index in [1.54, 1.807) is 0 Å². The summed E-state index contributed by atoms with van der Waals surface area (Å²) < 4.78 is 33.0. The minimum absolute atomic E-state index is 0.452. The van der Waals surface area contributed by atoms with Crippen LogP contribution in [0.3, 0.4) is 0 Å². The van der Waals surface area contributed by atoms with Gasteiger partial charge in [-0.2, -0.15) is 0 Å². The van der Waals surface area contributed by atoms with E-state index in [2.05, 4.69) is 361 Å². The molecule has 0 saturated heterocycles. The fourth-order valence-electron chi connectivity index (χ4n) is 20.7. The van der Waals surface area contributed by atoms with Gasteiger partial charge in [-0.25, -0.2) is 24.9 Å². The van der Waals surface area contributed by atoms with E-state index in [0.29, 0.717) is 34.6 Å². The van der Waals surface area contributed by atoms with Gasteiger partial charge >= 0.3 is 0 Å². The van der Waals surface area contributed by atoms with Crippen molar-refractivity contribution < 1.29 is 17.7 Å². The monoisotopic (exact) mass is 1660 g/mol. The van der Waals surface area contributed by atoms with Gasteiger partial charge in [0.15, 0.2) is 23.3 Å². The van der Waals surface area contributed by atoms with E-state index >= 15 is 0 Å². The SMILES string of the molecule is c1ccc(-c2ccc(-c3cc(-c4c(-n5c6ccccc6c6cc7ccc(-c8ccc9c(ccc%10oc%11c(-c%12nc(-c%13cccc(-c%14ccccc%14)c%13)nc(-c%13cccc%14oc%15ccccc%15c%13%14)n%12)c(-n%12c%13ccccc%13c%13cc%14ccccc%14cc%13%12)ccc%11c%109)c8)cc7cc65)ccc5c4oc4cc6ccccc6cc45)nc(-c4cccc5oc6ccccc6c45)n3)cc2)cc1. The molecule has 11 heteroatoms. The maximum atomic E-state index is 7.55. The second kappa shape index (κ2) is 27.9. The molecule has 0 spiro atoms. The zero-order valence-corrected chi connectivity index (χ0v) is 69.4. The van der Waals surface area contributed by atoms with E-state index < -0.39 is 0 Å². The first-order chi connectivity index (χ1) is 64.4. The standard InChI is InChI=1S/C119H67N7O4/c1-3-22-68(23-4-1)70-44-46-71(47-45-70)95-67-96(121-117(120-95)90-36-20-42-105-110(90)87-34-13-17-40-103(87)127-105)112-99(55-53-86-94-63-74-27-8-10-29-76(74)66-108(94)130-114(86)112)125-97-38-15-11-33-85(97)93-62-79-49-48-77(60-82(79)65-102(93)125)78-50-52-83-80(58-78)51-57-107-109(83)89-54-56-100(126-98-39-16-12-32-84(98)92-61-73-26-7-9-28-75(73)64-101(92)126)113(115(89)129-107)119-123-116(81-31-19-30-72(59-81)69-24-5-2-6-25-69)122-118(124-119)91-37-21-43-106-111(91)88-35-14-18-41-104(88)128-106/h1-67H. The summed E-state index contributed by atoms with van der Waals surface area (Å²) >= 11 is 0.